The van der Waals surface area contributed by atoms with Crippen molar-refractivity contribution in [1.82, 2.24) is 4.98 Å². The standard InChI is InChI=1S/C25H28N4OS2/c1-16-8-9-19-20(15-27)25(32-22(19)12-16)29-23(30)10-11-31-24-18(14-26)13-17-6-4-2-3-5-7-21(17)28-24/h13,16H,2-12H2,1H3,(H,29,30). The number of nitriles is 2. The average Bonchev–Trinajstić information content (AvgIpc) is 3.10. The lowest BCUT2D eigenvalue weighted by Gasteiger charge is -2.17. The maximum Gasteiger partial charge on any atom is 0.225 e. The molecule has 2 aliphatic carbocycles. The third kappa shape index (κ3) is 5.17. The number of rotatable bonds is 5. The van der Waals surface area contributed by atoms with Crippen LogP contribution in [-0.4, -0.2) is 16.6 Å². The van der Waals surface area contributed by atoms with Gasteiger partial charge in [-0.15, -0.1) is 23.1 Å². The summed E-state index contributed by atoms with van der Waals surface area (Å²) in [4.78, 5) is 18.7. The molecular weight excluding hydrogens is 436 g/mol. The van der Waals surface area contributed by atoms with Crippen LogP contribution in [0, 0.1) is 28.6 Å². The Bertz CT molecular complexity index is 1090. The fourth-order valence-electron chi connectivity index (χ4n) is 4.55. The van der Waals surface area contributed by atoms with Gasteiger partial charge in [0.1, 0.15) is 22.2 Å². The molecule has 1 amide bonds. The third-order valence-electron chi connectivity index (χ3n) is 6.33. The van der Waals surface area contributed by atoms with Crippen LogP contribution in [0.3, 0.4) is 0 Å². The predicted molar refractivity (Wildman–Crippen MR) is 129 cm³/mol. The lowest BCUT2D eigenvalue weighted by Crippen LogP contribution is -2.12. The van der Waals surface area contributed by atoms with E-state index in [0.717, 1.165) is 61.2 Å². The molecule has 0 bridgehead atoms. The molecule has 166 valence electrons. The summed E-state index contributed by atoms with van der Waals surface area (Å²) in [6.07, 6.45) is 10.1. The zero-order valence-corrected chi connectivity index (χ0v) is 20.1. The average molecular weight is 465 g/mol. The van der Waals surface area contributed by atoms with Crippen LogP contribution in [0.1, 0.15) is 78.3 Å². The van der Waals surface area contributed by atoms with Crippen LogP contribution in [0.15, 0.2) is 11.1 Å². The van der Waals surface area contributed by atoms with Gasteiger partial charge in [-0.3, -0.25) is 4.79 Å². The molecule has 32 heavy (non-hydrogen) atoms. The molecule has 0 aliphatic heterocycles. The minimum Gasteiger partial charge on any atom is -0.317 e. The summed E-state index contributed by atoms with van der Waals surface area (Å²) in [6.45, 7) is 2.23. The molecule has 0 spiro atoms. The quantitative estimate of drug-likeness (QED) is 0.566. The molecule has 7 heteroatoms. The molecule has 5 nitrogen and oxygen atoms in total. The molecule has 0 saturated carbocycles. The minimum absolute atomic E-state index is 0.0922. The Morgan fingerprint density at radius 2 is 2.03 bits per heavy atom. The molecule has 0 radical (unpaired) electrons. The van der Waals surface area contributed by atoms with E-state index in [2.05, 4.69) is 24.4 Å². The Morgan fingerprint density at radius 1 is 1.22 bits per heavy atom. The van der Waals surface area contributed by atoms with Gasteiger partial charge in [0.25, 0.3) is 0 Å². The molecule has 0 saturated heterocycles. The highest BCUT2D eigenvalue weighted by Gasteiger charge is 2.24. The van der Waals surface area contributed by atoms with Gasteiger partial charge in [0.2, 0.25) is 5.91 Å². The Balaban J connectivity index is 1.39. The Labute approximate surface area is 198 Å². The van der Waals surface area contributed by atoms with Crippen molar-refractivity contribution in [3.05, 3.63) is 38.9 Å². The third-order valence-corrected chi connectivity index (χ3v) is 8.49. The molecular formula is C25H28N4OS2. The predicted octanol–water partition coefficient (Wildman–Crippen LogP) is 5.79. The monoisotopic (exact) mass is 464 g/mol. The number of thioether (sulfide) groups is 1. The number of nitrogens with one attached hydrogen (secondary N) is 1. The van der Waals surface area contributed by atoms with E-state index in [-0.39, 0.29) is 5.91 Å². The summed E-state index contributed by atoms with van der Waals surface area (Å²) in [5.41, 5.74) is 4.72. The molecule has 1 atom stereocenters. The van der Waals surface area contributed by atoms with Gasteiger partial charge in [-0.2, -0.15) is 10.5 Å². The molecule has 2 aromatic heterocycles. The van der Waals surface area contributed by atoms with Crippen molar-refractivity contribution < 1.29 is 4.79 Å². The van der Waals surface area contributed by atoms with Gasteiger partial charge in [-0.25, -0.2) is 4.98 Å². The van der Waals surface area contributed by atoms with Crippen molar-refractivity contribution in [3.63, 3.8) is 0 Å². The van der Waals surface area contributed by atoms with Crippen LogP contribution in [0.4, 0.5) is 5.00 Å². The zero-order valence-electron chi connectivity index (χ0n) is 18.5. The van der Waals surface area contributed by atoms with Crippen molar-refractivity contribution in [2.45, 2.75) is 76.2 Å². The number of hydrogen-bond acceptors (Lipinski definition) is 6. The second kappa shape index (κ2) is 10.5. The summed E-state index contributed by atoms with van der Waals surface area (Å²) in [7, 11) is 0. The van der Waals surface area contributed by atoms with Crippen LogP contribution >= 0.6 is 23.1 Å². The fraction of sp³-hybridized carbons (Fsp3) is 0.520. The van der Waals surface area contributed by atoms with E-state index in [4.69, 9.17) is 4.98 Å². The van der Waals surface area contributed by atoms with E-state index >= 15 is 0 Å². The first-order valence-corrected chi connectivity index (χ1v) is 13.3. The number of carbonyl (C=O) groups is 1. The van der Waals surface area contributed by atoms with Gasteiger partial charge < -0.3 is 5.32 Å². The number of amides is 1. The van der Waals surface area contributed by atoms with E-state index < -0.39 is 0 Å². The minimum atomic E-state index is -0.0922. The number of aryl methyl sites for hydroxylation is 2. The molecule has 2 aromatic rings. The van der Waals surface area contributed by atoms with Gasteiger partial charge >= 0.3 is 0 Å². The number of anilines is 1. The van der Waals surface area contributed by atoms with Gasteiger partial charge in [0, 0.05) is 22.7 Å². The second-order valence-electron chi connectivity index (χ2n) is 8.79. The number of carbonyl (C=O) groups excluding carboxylic acids is 1. The molecule has 2 heterocycles. The number of nitrogens with zero attached hydrogens (tertiary/aromatic N) is 3. The van der Waals surface area contributed by atoms with E-state index in [9.17, 15) is 15.3 Å². The summed E-state index contributed by atoms with van der Waals surface area (Å²) >= 11 is 3.03. The number of pyridine rings is 1. The smallest absolute Gasteiger partial charge is 0.225 e. The Morgan fingerprint density at radius 3 is 2.81 bits per heavy atom. The maximum atomic E-state index is 12.6. The highest BCUT2D eigenvalue weighted by Crippen LogP contribution is 2.39. The van der Waals surface area contributed by atoms with E-state index in [1.807, 2.05) is 6.07 Å². The van der Waals surface area contributed by atoms with E-state index in [0.29, 0.717) is 34.2 Å². The van der Waals surface area contributed by atoms with Gasteiger partial charge in [0.15, 0.2) is 0 Å². The highest BCUT2D eigenvalue weighted by molar-refractivity contribution is 7.99. The fourth-order valence-corrected chi connectivity index (χ4v) is 6.84. The number of thiophene rings is 1. The van der Waals surface area contributed by atoms with Crippen molar-refractivity contribution >= 4 is 34.0 Å². The largest absolute Gasteiger partial charge is 0.317 e. The van der Waals surface area contributed by atoms with Gasteiger partial charge in [-0.1, -0.05) is 19.8 Å². The Kier molecular flexibility index (Phi) is 7.50. The summed E-state index contributed by atoms with van der Waals surface area (Å²) in [5, 5.41) is 23.6. The summed E-state index contributed by atoms with van der Waals surface area (Å²) < 4.78 is 0. The van der Waals surface area contributed by atoms with Crippen LogP contribution in [0.25, 0.3) is 0 Å². The van der Waals surface area contributed by atoms with Gasteiger partial charge in [-0.05, 0) is 68.1 Å². The zero-order chi connectivity index (χ0) is 22.5. The SMILES string of the molecule is CC1CCc2c(sc(NC(=O)CCSc3nc4c(cc3C#N)CCCCCC4)c2C#N)C1. The lowest BCUT2D eigenvalue weighted by molar-refractivity contribution is -0.115. The van der Waals surface area contributed by atoms with Crippen LogP contribution in [-0.2, 0) is 30.5 Å². The maximum absolute atomic E-state index is 12.6. The Hall–Kier alpha value is -2.35. The van der Waals surface area contributed by atoms with Crippen LogP contribution in [0.2, 0.25) is 0 Å². The summed E-state index contributed by atoms with van der Waals surface area (Å²) in [5.74, 6) is 1.08. The molecule has 1 N–H and O–H groups in total. The first-order chi connectivity index (χ1) is 15.6. The van der Waals surface area contributed by atoms with Crippen molar-refractivity contribution in [2.24, 2.45) is 5.92 Å². The first kappa shape index (κ1) is 22.8. The first-order valence-electron chi connectivity index (χ1n) is 11.5. The van der Waals surface area contributed by atoms with Crippen LogP contribution in [0.5, 0.6) is 0 Å². The topological polar surface area (TPSA) is 89.6 Å². The number of hydrogen-bond donors (Lipinski definition) is 1. The normalized spacial score (nSPS) is 17.8. The van der Waals surface area contributed by atoms with Crippen molar-refractivity contribution in [1.29, 1.82) is 10.5 Å². The molecule has 2 aliphatic rings. The lowest BCUT2D eigenvalue weighted by atomic mass is 9.89. The molecule has 4 rings (SSSR count). The second-order valence-corrected chi connectivity index (χ2v) is 11.0. The highest BCUT2D eigenvalue weighted by atomic mass is 32.2. The van der Waals surface area contributed by atoms with Gasteiger partial charge in [0.05, 0.1) is 11.1 Å². The number of fused-ring (bicyclic) bond motifs is 2. The van der Waals surface area contributed by atoms with E-state index in [1.54, 1.807) is 11.3 Å². The van der Waals surface area contributed by atoms with Crippen molar-refractivity contribution in [2.75, 3.05) is 11.1 Å². The van der Waals surface area contributed by atoms with Crippen LogP contribution < -0.4 is 5.32 Å². The van der Waals surface area contributed by atoms with Crippen molar-refractivity contribution in [3.8, 4) is 12.1 Å². The van der Waals surface area contributed by atoms with E-state index in [1.165, 1.54) is 35.0 Å². The molecule has 0 fully saturated rings. The summed E-state index contributed by atoms with van der Waals surface area (Å²) in [6, 6.07) is 6.60. The molecule has 0 aromatic carbocycles. The molecule has 1 unspecified atom stereocenters. The number of aromatic nitrogens is 1.